The van der Waals surface area contributed by atoms with E-state index in [1.165, 1.54) is 11.1 Å². The highest BCUT2D eigenvalue weighted by atomic mass is 32.1. The van der Waals surface area contributed by atoms with Gasteiger partial charge in [0, 0.05) is 56.7 Å². The summed E-state index contributed by atoms with van der Waals surface area (Å²) in [6.07, 6.45) is 3.34. The Kier molecular flexibility index (Phi) is 7.08. The third kappa shape index (κ3) is 5.11. The van der Waals surface area contributed by atoms with Crippen molar-refractivity contribution in [1.82, 2.24) is 19.6 Å². The van der Waals surface area contributed by atoms with Gasteiger partial charge in [0.1, 0.15) is 0 Å². The number of benzene rings is 1. The van der Waals surface area contributed by atoms with Crippen LogP contribution in [0.1, 0.15) is 49.9 Å². The summed E-state index contributed by atoms with van der Waals surface area (Å²) >= 11 is 5.65. The number of hydrogen-bond donors (Lipinski definition) is 1. The molecule has 0 radical (unpaired) electrons. The van der Waals surface area contributed by atoms with Crippen LogP contribution in [0.3, 0.4) is 0 Å². The van der Waals surface area contributed by atoms with Gasteiger partial charge in [-0.05, 0) is 56.1 Å². The maximum Gasteiger partial charge on any atom is 0.173 e. The molecule has 152 valence electrons. The molecule has 6 heteroatoms. The Morgan fingerprint density at radius 2 is 1.82 bits per heavy atom. The zero-order valence-corrected chi connectivity index (χ0v) is 18.4. The molecule has 1 saturated heterocycles. The average Bonchev–Trinajstić information content (AvgIpc) is 3.08. The molecular formula is C22H33N5S. The summed E-state index contributed by atoms with van der Waals surface area (Å²) in [6.45, 7) is 14.6. The highest BCUT2D eigenvalue weighted by Gasteiger charge is 2.20. The number of nitrogens with one attached hydrogen (secondary N) is 1. The molecule has 0 amide bonds. The molecule has 0 spiro atoms. The Morgan fingerprint density at radius 3 is 2.39 bits per heavy atom. The van der Waals surface area contributed by atoms with Crippen molar-refractivity contribution in [2.75, 3.05) is 31.5 Å². The standard InChI is InChI=1S/C22H33N5S/c1-5-17(3)19-7-9-21(10-8-19)23-22(28)26-13-11-25(12-14-26)15-20-16-27(6-2)24-18(20)4/h7-10,16-17H,5-6,11-15H2,1-4H3,(H,23,28). The van der Waals surface area contributed by atoms with Crippen LogP contribution in [0, 0.1) is 6.92 Å². The fourth-order valence-corrected chi connectivity index (χ4v) is 3.86. The van der Waals surface area contributed by atoms with Gasteiger partial charge in [0.25, 0.3) is 0 Å². The molecule has 0 bridgehead atoms. The molecule has 0 aliphatic carbocycles. The van der Waals surface area contributed by atoms with Crippen molar-refractivity contribution in [3.63, 3.8) is 0 Å². The van der Waals surface area contributed by atoms with E-state index in [4.69, 9.17) is 12.2 Å². The lowest BCUT2D eigenvalue weighted by Gasteiger charge is -2.36. The second-order valence-corrected chi connectivity index (χ2v) is 8.11. The fraction of sp³-hybridized carbons (Fsp3) is 0.545. The summed E-state index contributed by atoms with van der Waals surface area (Å²) in [7, 11) is 0. The molecule has 28 heavy (non-hydrogen) atoms. The first-order chi connectivity index (χ1) is 13.5. The molecule has 0 saturated carbocycles. The van der Waals surface area contributed by atoms with Gasteiger partial charge in [-0.2, -0.15) is 5.10 Å². The topological polar surface area (TPSA) is 36.3 Å². The van der Waals surface area contributed by atoms with Crippen LogP contribution in [-0.2, 0) is 13.1 Å². The maximum atomic E-state index is 5.65. The van der Waals surface area contributed by atoms with E-state index in [0.717, 1.165) is 62.2 Å². The molecule has 1 unspecified atom stereocenters. The van der Waals surface area contributed by atoms with Gasteiger partial charge in [-0.3, -0.25) is 9.58 Å². The van der Waals surface area contributed by atoms with Gasteiger partial charge in [0.2, 0.25) is 0 Å². The van der Waals surface area contributed by atoms with Crippen LogP contribution in [0.25, 0.3) is 0 Å². The first-order valence-electron chi connectivity index (χ1n) is 10.4. The van der Waals surface area contributed by atoms with E-state index in [0.29, 0.717) is 5.92 Å². The van der Waals surface area contributed by atoms with E-state index in [1.807, 2.05) is 4.68 Å². The number of thiocarbonyl (C=S) groups is 1. The van der Waals surface area contributed by atoms with E-state index in [2.05, 4.69) is 78.4 Å². The molecule has 1 aliphatic heterocycles. The Bertz CT molecular complexity index is 775. The van der Waals surface area contributed by atoms with E-state index in [1.54, 1.807) is 0 Å². The van der Waals surface area contributed by atoms with Gasteiger partial charge in [0.15, 0.2) is 5.11 Å². The quantitative estimate of drug-likeness (QED) is 0.735. The number of rotatable bonds is 6. The minimum Gasteiger partial charge on any atom is -0.346 e. The highest BCUT2D eigenvalue weighted by molar-refractivity contribution is 7.80. The fourth-order valence-electron chi connectivity index (χ4n) is 3.56. The van der Waals surface area contributed by atoms with Crippen molar-refractivity contribution >= 4 is 23.0 Å². The van der Waals surface area contributed by atoms with Crippen molar-refractivity contribution in [1.29, 1.82) is 0 Å². The maximum absolute atomic E-state index is 5.65. The van der Waals surface area contributed by atoms with Crippen molar-refractivity contribution in [3.05, 3.63) is 47.3 Å². The molecule has 1 aromatic heterocycles. The minimum absolute atomic E-state index is 0.599. The van der Waals surface area contributed by atoms with E-state index in [-0.39, 0.29) is 0 Å². The average molecular weight is 400 g/mol. The van der Waals surface area contributed by atoms with Crippen LogP contribution in [0.2, 0.25) is 0 Å². The normalized spacial score (nSPS) is 16.2. The Labute approximate surface area is 174 Å². The van der Waals surface area contributed by atoms with E-state index < -0.39 is 0 Å². The predicted octanol–water partition coefficient (Wildman–Crippen LogP) is 4.24. The number of hydrogen-bond acceptors (Lipinski definition) is 3. The molecule has 1 aliphatic rings. The lowest BCUT2D eigenvalue weighted by molar-refractivity contribution is 0.176. The van der Waals surface area contributed by atoms with E-state index in [9.17, 15) is 0 Å². The lowest BCUT2D eigenvalue weighted by Crippen LogP contribution is -2.49. The first-order valence-corrected chi connectivity index (χ1v) is 10.8. The smallest absolute Gasteiger partial charge is 0.173 e. The SMILES string of the molecule is CCC(C)c1ccc(NC(=S)N2CCN(Cc3cn(CC)nc3C)CC2)cc1. The summed E-state index contributed by atoms with van der Waals surface area (Å²) < 4.78 is 2.02. The van der Waals surface area contributed by atoms with Crippen molar-refractivity contribution in [2.24, 2.45) is 0 Å². The summed E-state index contributed by atoms with van der Waals surface area (Å²) in [4.78, 5) is 4.76. The first kappa shape index (κ1) is 20.8. The van der Waals surface area contributed by atoms with Crippen LogP contribution in [0.4, 0.5) is 5.69 Å². The molecule has 1 aromatic carbocycles. The largest absolute Gasteiger partial charge is 0.346 e. The lowest BCUT2D eigenvalue weighted by atomic mass is 9.99. The van der Waals surface area contributed by atoms with Crippen LogP contribution in [0.15, 0.2) is 30.5 Å². The van der Waals surface area contributed by atoms with Gasteiger partial charge in [0.05, 0.1) is 5.69 Å². The zero-order valence-electron chi connectivity index (χ0n) is 17.6. The van der Waals surface area contributed by atoms with Gasteiger partial charge in [-0.15, -0.1) is 0 Å². The second kappa shape index (κ2) is 9.52. The number of nitrogens with zero attached hydrogens (tertiary/aromatic N) is 4. The van der Waals surface area contributed by atoms with E-state index >= 15 is 0 Å². The Hall–Kier alpha value is -1.92. The van der Waals surface area contributed by atoms with Gasteiger partial charge in [-0.25, -0.2) is 0 Å². The molecule has 2 heterocycles. The highest BCUT2D eigenvalue weighted by Crippen LogP contribution is 2.21. The van der Waals surface area contributed by atoms with Crippen molar-refractivity contribution < 1.29 is 0 Å². The molecule has 5 nitrogen and oxygen atoms in total. The number of aromatic nitrogens is 2. The molecular weight excluding hydrogens is 366 g/mol. The minimum atomic E-state index is 0.599. The molecule has 2 aromatic rings. The van der Waals surface area contributed by atoms with Crippen LogP contribution >= 0.6 is 12.2 Å². The van der Waals surface area contributed by atoms with Crippen LogP contribution in [0.5, 0.6) is 0 Å². The van der Waals surface area contributed by atoms with Gasteiger partial charge < -0.3 is 10.2 Å². The Balaban J connectivity index is 1.48. The van der Waals surface area contributed by atoms with Crippen LogP contribution in [-0.4, -0.2) is 50.9 Å². The summed E-state index contributed by atoms with van der Waals surface area (Å²) in [5.74, 6) is 0.599. The van der Waals surface area contributed by atoms with Gasteiger partial charge >= 0.3 is 0 Å². The summed E-state index contributed by atoms with van der Waals surface area (Å²) in [5, 5.41) is 8.79. The monoisotopic (exact) mass is 399 g/mol. The van der Waals surface area contributed by atoms with Crippen molar-refractivity contribution in [3.8, 4) is 0 Å². The number of anilines is 1. The molecule has 1 fully saturated rings. The van der Waals surface area contributed by atoms with Gasteiger partial charge in [-0.1, -0.05) is 26.0 Å². The van der Waals surface area contributed by atoms with Crippen LogP contribution < -0.4 is 5.32 Å². The third-order valence-electron chi connectivity index (χ3n) is 5.77. The third-order valence-corrected chi connectivity index (χ3v) is 6.13. The molecule has 1 atom stereocenters. The van der Waals surface area contributed by atoms with Crippen molar-refractivity contribution in [2.45, 2.75) is 53.1 Å². The number of aryl methyl sites for hydroxylation is 2. The second-order valence-electron chi connectivity index (χ2n) is 7.72. The zero-order chi connectivity index (χ0) is 20.1. The summed E-state index contributed by atoms with van der Waals surface area (Å²) in [5.41, 5.74) is 4.93. The predicted molar refractivity (Wildman–Crippen MR) is 121 cm³/mol. The molecule has 3 rings (SSSR count). The Morgan fingerprint density at radius 1 is 1.14 bits per heavy atom. The summed E-state index contributed by atoms with van der Waals surface area (Å²) in [6, 6.07) is 8.68. The molecule has 1 N–H and O–H groups in total. The number of piperazine rings is 1.